The molecule has 0 aliphatic rings. The minimum atomic E-state index is -0.894. The van der Waals surface area contributed by atoms with Crippen molar-refractivity contribution in [3.8, 4) is 22.4 Å². The van der Waals surface area contributed by atoms with Gasteiger partial charge in [0.25, 0.3) is 0 Å². The van der Waals surface area contributed by atoms with E-state index in [9.17, 15) is 8.78 Å². The van der Waals surface area contributed by atoms with Gasteiger partial charge in [0.15, 0.2) is 11.6 Å². The molecule has 1 aromatic heterocycles. The molecule has 0 atom stereocenters. The lowest BCUT2D eigenvalue weighted by molar-refractivity contribution is 0.509. The van der Waals surface area contributed by atoms with E-state index in [4.69, 9.17) is 4.98 Å². The lowest BCUT2D eigenvalue weighted by Crippen LogP contribution is -2.03. The maximum Gasteiger partial charge on any atom is 0.159 e. The fourth-order valence-electron chi connectivity index (χ4n) is 8.20. The zero-order valence-corrected chi connectivity index (χ0v) is 28.6. The summed E-state index contributed by atoms with van der Waals surface area (Å²) in [6.07, 6.45) is 0. The molecule has 250 valence electrons. The first-order valence-corrected chi connectivity index (χ1v) is 17.9. The van der Waals surface area contributed by atoms with Gasteiger partial charge in [0.1, 0.15) is 0 Å². The minimum absolute atomic E-state index is 0.125. The number of hydrogen-bond acceptors (Lipinski definition) is 1. The van der Waals surface area contributed by atoms with Gasteiger partial charge in [-0.15, -0.1) is 0 Å². The van der Waals surface area contributed by atoms with Crippen LogP contribution in [0.1, 0.15) is 22.6 Å². The van der Waals surface area contributed by atoms with Crippen LogP contribution in [0.3, 0.4) is 0 Å². The van der Waals surface area contributed by atoms with Crippen LogP contribution in [0, 0.1) is 11.6 Å². The van der Waals surface area contributed by atoms with Crippen molar-refractivity contribution in [3.63, 3.8) is 0 Å². The van der Waals surface area contributed by atoms with Gasteiger partial charge in [-0.25, -0.2) is 13.8 Å². The van der Waals surface area contributed by atoms with E-state index in [1.54, 1.807) is 6.07 Å². The largest absolute Gasteiger partial charge is 0.247 e. The zero-order chi connectivity index (χ0) is 35.5. The highest BCUT2D eigenvalue weighted by atomic mass is 19.2. The normalized spacial score (nSPS) is 11.8. The van der Waals surface area contributed by atoms with Crippen molar-refractivity contribution in [1.82, 2.24) is 4.98 Å². The molecule has 0 N–H and O–H groups in total. The topological polar surface area (TPSA) is 12.9 Å². The van der Waals surface area contributed by atoms with Gasteiger partial charge in [0.05, 0.1) is 11.2 Å². The van der Waals surface area contributed by atoms with Gasteiger partial charge in [-0.1, -0.05) is 152 Å². The van der Waals surface area contributed by atoms with Crippen molar-refractivity contribution < 1.29 is 8.78 Å². The van der Waals surface area contributed by atoms with Gasteiger partial charge in [0, 0.05) is 27.6 Å². The average molecular weight is 684 g/mol. The lowest BCUT2D eigenvalue weighted by Gasteiger charge is -2.19. The first-order chi connectivity index (χ1) is 26.1. The van der Waals surface area contributed by atoms with E-state index < -0.39 is 11.6 Å². The number of rotatable bonds is 5. The van der Waals surface area contributed by atoms with Gasteiger partial charge >= 0.3 is 0 Å². The molecule has 3 heteroatoms. The molecule has 10 aromatic rings. The molecule has 1 nitrogen and oxygen atoms in total. The molecular weight excluding hydrogens is 653 g/mol. The number of pyridine rings is 1. The number of hydrogen-bond donors (Lipinski definition) is 0. The van der Waals surface area contributed by atoms with Crippen LogP contribution in [-0.4, -0.2) is 4.98 Å². The Labute approximate surface area is 305 Å². The molecule has 0 bridgehead atoms. The van der Waals surface area contributed by atoms with Crippen LogP contribution < -0.4 is 0 Å². The molecule has 10 rings (SSSR count). The third-order valence-electron chi connectivity index (χ3n) is 10.7. The summed E-state index contributed by atoms with van der Waals surface area (Å²) in [5, 5.41) is 9.66. The van der Waals surface area contributed by atoms with E-state index in [2.05, 4.69) is 152 Å². The summed E-state index contributed by atoms with van der Waals surface area (Å²) in [7, 11) is 0. The standard InChI is InChI=1S/C50H31F2N/c51-44-26-24-38(29-45(44)52)50-49-42-18-10-8-16-40(42)39-15-7-9-17-41(39)48(49)43-25-23-36(30-46(43)53-50)34-19-20-35-28-37(22-21-33(35)27-34)47(31-11-3-1-4-12-31)32-13-5-2-6-14-32/h1-30,47H. The van der Waals surface area contributed by atoms with Crippen LogP contribution in [0.15, 0.2) is 182 Å². The van der Waals surface area contributed by atoms with Gasteiger partial charge in [-0.2, -0.15) is 0 Å². The van der Waals surface area contributed by atoms with Gasteiger partial charge in [-0.3, -0.25) is 0 Å². The van der Waals surface area contributed by atoms with Crippen LogP contribution in [-0.2, 0) is 0 Å². The molecule has 0 saturated heterocycles. The molecule has 0 amide bonds. The Bertz CT molecular complexity index is 2990. The Morgan fingerprint density at radius 1 is 0.358 bits per heavy atom. The number of nitrogens with zero attached hydrogens (tertiary/aromatic N) is 1. The monoisotopic (exact) mass is 683 g/mol. The Balaban J connectivity index is 1.15. The van der Waals surface area contributed by atoms with Crippen molar-refractivity contribution in [3.05, 3.63) is 210 Å². The Kier molecular flexibility index (Phi) is 7.33. The molecule has 0 fully saturated rings. The maximum atomic E-state index is 14.8. The second-order valence-corrected chi connectivity index (χ2v) is 13.7. The number of benzene rings is 9. The fraction of sp³-hybridized carbons (Fsp3) is 0.0200. The third-order valence-corrected chi connectivity index (χ3v) is 10.7. The Morgan fingerprint density at radius 2 is 0.906 bits per heavy atom. The average Bonchev–Trinajstić information content (AvgIpc) is 3.22. The lowest BCUT2D eigenvalue weighted by atomic mass is 9.84. The first kappa shape index (κ1) is 31.1. The molecular formula is C50H31F2N. The van der Waals surface area contributed by atoms with Crippen LogP contribution in [0.5, 0.6) is 0 Å². The predicted molar refractivity (Wildman–Crippen MR) is 216 cm³/mol. The van der Waals surface area contributed by atoms with Crippen molar-refractivity contribution in [2.45, 2.75) is 5.92 Å². The van der Waals surface area contributed by atoms with Crippen molar-refractivity contribution in [1.29, 1.82) is 0 Å². The summed E-state index contributed by atoms with van der Waals surface area (Å²) in [6, 6.07) is 61.9. The summed E-state index contributed by atoms with van der Waals surface area (Å²) < 4.78 is 29.0. The highest BCUT2D eigenvalue weighted by Crippen LogP contribution is 2.44. The van der Waals surface area contributed by atoms with Crippen molar-refractivity contribution in [2.75, 3.05) is 0 Å². The van der Waals surface area contributed by atoms with E-state index in [-0.39, 0.29) is 5.92 Å². The van der Waals surface area contributed by atoms with E-state index in [1.165, 1.54) is 34.2 Å². The zero-order valence-electron chi connectivity index (χ0n) is 28.6. The smallest absolute Gasteiger partial charge is 0.159 e. The number of aromatic nitrogens is 1. The highest BCUT2D eigenvalue weighted by Gasteiger charge is 2.20. The second-order valence-electron chi connectivity index (χ2n) is 13.7. The Morgan fingerprint density at radius 3 is 1.58 bits per heavy atom. The van der Waals surface area contributed by atoms with Gasteiger partial charge < -0.3 is 0 Å². The van der Waals surface area contributed by atoms with Crippen LogP contribution >= 0.6 is 0 Å². The van der Waals surface area contributed by atoms with E-state index in [0.29, 0.717) is 11.3 Å². The summed E-state index contributed by atoms with van der Waals surface area (Å²) in [6.45, 7) is 0. The predicted octanol–water partition coefficient (Wildman–Crippen LogP) is 13.6. The third kappa shape index (κ3) is 5.24. The summed E-state index contributed by atoms with van der Waals surface area (Å²) in [5.74, 6) is -1.65. The van der Waals surface area contributed by atoms with Gasteiger partial charge in [-0.05, 0) is 90.5 Å². The van der Waals surface area contributed by atoms with Crippen molar-refractivity contribution in [2.24, 2.45) is 0 Å². The second kappa shape index (κ2) is 12.5. The molecule has 9 aromatic carbocycles. The quantitative estimate of drug-likeness (QED) is 0.130. The first-order valence-electron chi connectivity index (χ1n) is 17.9. The van der Waals surface area contributed by atoms with Crippen molar-refractivity contribution >= 4 is 54.0 Å². The summed E-state index contributed by atoms with van der Waals surface area (Å²) >= 11 is 0. The molecule has 0 unspecified atom stereocenters. The highest BCUT2D eigenvalue weighted by molar-refractivity contribution is 6.33. The molecule has 0 radical (unpaired) electrons. The van der Waals surface area contributed by atoms with Crippen LogP contribution in [0.4, 0.5) is 8.78 Å². The van der Waals surface area contributed by atoms with Gasteiger partial charge in [0.2, 0.25) is 0 Å². The maximum absolute atomic E-state index is 14.8. The molecule has 0 aliphatic carbocycles. The summed E-state index contributed by atoms with van der Waals surface area (Å²) in [5.41, 5.74) is 7.82. The van der Waals surface area contributed by atoms with E-state index >= 15 is 0 Å². The number of fused-ring (bicyclic) bond motifs is 9. The summed E-state index contributed by atoms with van der Waals surface area (Å²) in [4.78, 5) is 5.25. The molecule has 0 aliphatic heterocycles. The SMILES string of the molecule is Fc1ccc(-c2nc3cc(-c4ccc5cc(C(c6ccccc6)c6ccccc6)ccc5c4)ccc3c3c4ccccc4c4ccccc4c23)cc1F. The van der Waals surface area contributed by atoms with E-state index in [0.717, 1.165) is 59.7 Å². The van der Waals surface area contributed by atoms with Crippen LogP contribution in [0.25, 0.3) is 76.4 Å². The molecule has 1 heterocycles. The molecule has 53 heavy (non-hydrogen) atoms. The molecule has 0 saturated carbocycles. The van der Waals surface area contributed by atoms with Crippen LogP contribution in [0.2, 0.25) is 0 Å². The Hall–Kier alpha value is -6.71. The fourth-order valence-corrected chi connectivity index (χ4v) is 8.20. The minimum Gasteiger partial charge on any atom is -0.247 e. The number of halogens is 2. The molecule has 0 spiro atoms. The van der Waals surface area contributed by atoms with E-state index in [1.807, 2.05) is 12.1 Å².